The van der Waals surface area contributed by atoms with E-state index in [1.54, 1.807) is 37.3 Å². The second-order valence-electron chi connectivity index (χ2n) is 4.24. The molecule has 0 saturated heterocycles. The first-order valence-electron chi connectivity index (χ1n) is 5.82. The predicted molar refractivity (Wildman–Crippen MR) is 75.1 cm³/mol. The first-order chi connectivity index (χ1) is 9.10. The molecular weight excluding hydrogens is 265 g/mol. The zero-order valence-corrected chi connectivity index (χ0v) is 11.2. The minimum atomic E-state index is -0.318. The highest BCUT2D eigenvalue weighted by Gasteiger charge is 2.08. The fourth-order valence-electron chi connectivity index (χ4n) is 1.71. The van der Waals surface area contributed by atoms with Gasteiger partial charge >= 0.3 is 0 Å². The molecule has 0 unspecified atom stereocenters. The lowest BCUT2D eigenvalue weighted by Gasteiger charge is -2.08. The van der Waals surface area contributed by atoms with E-state index in [0.29, 0.717) is 22.7 Å². The summed E-state index contributed by atoms with van der Waals surface area (Å²) in [5.41, 5.74) is 2.78. The van der Waals surface area contributed by atoms with Crippen LogP contribution in [0.15, 0.2) is 42.5 Å². The van der Waals surface area contributed by atoms with Crippen molar-refractivity contribution in [2.24, 2.45) is 0 Å². The van der Waals surface area contributed by atoms with E-state index in [1.165, 1.54) is 12.1 Å². The van der Waals surface area contributed by atoms with Gasteiger partial charge in [0, 0.05) is 17.1 Å². The lowest BCUT2D eigenvalue weighted by Crippen LogP contribution is -2.12. The van der Waals surface area contributed by atoms with Crippen LogP contribution in [0.4, 0.5) is 10.1 Å². The van der Waals surface area contributed by atoms with Crippen molar-refractivity contribution in [3.63, 3.8) is 0 Å². The Labute approximate surface area is 116 Å². The molecule has 2 aromatic carbocycles. The molecule has 0 aromatic heterocycles. The molecule has 19 heavy (non-hydrogen) atoms. The van der Waals surface area contributed by atoms with Gasteiger partial charge in [0.05, 0.1) is 0 Å². The SMILES string of the molecule is Cc1cc(F)ccc1NC(=O)c1ccc(CCl)cc1. The molecule has 98 valence electrons. The first-order valence-corrected chi connectivity index (χ1v) is 6.36. The number of carbonyl (C=O) groups is 1. The van der Waals surface area contributed by atoms with Gasteiger partial charge in [0.25, 0.3) is 5.91 Å². The number of carbonyl (C=O) groups excluding carboxylic acids is 1. The van der Waals surface area contributed by atoms with Gasteiger partial charge in [-0.3, -0.25) is 4.79 Å². The number of aryl methyl sites for hydroxylation is 1. The summed E-state index contributed by atoms with van der Waals surface area (Å²) in [5, 5.41) is 2.75. The average molecular weight is 278 g/mol. The van der Waals surface area contributed by atoms with E-state index in [9.17, 15) is 9.18 Å². The molecule has 0 atom stereocenters. The third-order valence-electron chi connectivity index (χ3n) is 2.81. The summed E-state index contributed by atoms with van der Waals surface area (Å²) < 4.78 is 13.0. The van der Waals surface area contributed by atoms with E-state index in [0.717, 1.165) is 5.56 Å². The van der Waals surface area contributed by atoms with Crippen LogP contribution in [0.1, 0.15) is 21.5 Å². The van der Waals surface area contributed by atoms with Crippen LogP contribution < -0.4 is 5.32 Å². The molecule has 0 saturated carbocycles. The average Bonchev–Trinajstić information content (AvgIpc) is 2.42. The van der Waals surface area contributed by atoms with Crippen LogP contribution in [0.5, 0.6) is 0 Å². The molecular formula is C15H13ClFNO. The molecule has 1 N–H and O–H groups in total. The second kappa shape index (κ2) is 5.85. The molecule has 0 spiro atoms. The molecule has 2 rings (SSSR count). The Hall–Kier alpha value is -1.87. The van der Waals surface area contributed by atoms with Gasteiger partial charge in [0.2, 0.25) is 0 Å². The van der Waals surface area contributed by atoms with Crippen LogP contribution in [-0.2, 0) is 5.88 Å². The number of benzene rings is 2. The van der Waals surface area contributed by atoms with Crippen molar-refractivity contribution in [2.75, 3.05) is 5.32 Å². The van der Waals surface area contributed by atoms with E-state index in [-0.39, 0.29) is 11.7 Å². The molecule has 0 aliphatic heterocycles. The third-order valence-corrected chi connectivity index (χ3v) is 3.12. The number of hydrogen-bond donors (Lipinski definition) is 1. The number of nitrogens with one attached hydrogen (secondary N) is 1. The van der Waals surface area contributed by atoms with Crippen molar-refractivity contribution in [1.29, 1.82) is 0 Å². The lowest BCUT2D eigenvalue weighted by molar-refractivity contribution is 0.102. The molecule has 0 aliphatic carbocycles. The van der Waals surface area contributed by atoms with Crippen LogP contribution in [0, 0.1) is 12.7 Å². The van der Waals surface area contributed by atoms with Crippen LogP contribution in [0.2, 0.25) is 0 Å². The van der Waals surface area contributed by atoms with E-state index in [2.05, 4.69) is 5.32 Å². The van der Waals surface area contributed by atoms with Gasteiger partial charge < -0.3 is 5.32 Å². The number of alkyl halides is 1. The molecule has 1 amide bonds. The monoisotopic (exact) mass is 277 g/mol. The lowest BCUT2D eigenvalue weighted by atomic mass is 10.1. The van der Waals surface area contributed by atoms with Crippen LogP contribution in [-0.4, -0.2) is 5.91 Å². The maximum atomic E-state index is 13.0. The third kappa shape index (κ3) is 3.32. The van der Waals surface area contributed by atoms with Gasteiger partial charge in [0.15, 0.2) is 0 Å². The largest absolute Gasteiger partial charge is 0.322 e. The number of amides is 1. The Morgan fingerprint density at radius 2 is 1.89 bits per heavy atom. The van der Waals surface area contributed by atoms with Gasteiger partial charge in [0.1, 0.15) is 5.82 Å². The molecule has 0 bridgehead atoms. The summed E-state index contributed by atoms with van der Waals surface area (Å²) in [6, 6.07) is 11.3. The van der Waals surface area contributed by atoms with E-state index >= 15 is 0 Å². The molecule has 0 heterocycles. The van der Waals surface area contributed by atoms with Crippen LogP contribution in [0.25, 0.3) is 0 Å². The minimum absolute atomic E-state index is 0.226. The quantitative estimate of drug-likeness (QED) is 0.840. The zero-order valence-electron chi connectivity index (χ0n) is 10.4. The van der Waals surface area contributed by atoms with Crippen LogP contribution in [0.3, 0.4) is 0 Å². The molecule has 2 aromatic rings. The van der Waals surface area contributed by atoms with Crippen molar-refractivity contribution in [3.05, 3.63) is 65.0 Å². The summed E-state index contributed by atoms with van der Waals surface area (Å²) in [5.74, 6) is -0.128. The summed E-state index contributed by atoms with van der Waals surface area (Å²) >= 11 is 5.69. The highest BCUT2D eigenvalue weighted by atomic mass is 35.5. The van der Waals surface area contributed by atoms with Crippen molar-refractivity contribution in [2.45, 2.75) is 12.8 Å². The normalized spacial score (nSPS) is 10.3. The first kappa shape index (κ1) is 13.6. The van der Waals surface area contributed by atoms with Crippen molar-refractivity contribution < 1.29 is 9.18 Å². The number of hydrogen-bond acceptors (Lipinski definition) is 1. The van der Waals surface area contributed by atoms with Crippen LogP contribution >= 0.6 is 11.6 Å². The zero-order chi connectivity index (χ0) is 13.8. The second-order valence-corrected chi connectivity index (χ2v) is 4.51. The van der Waals surface area contributed by atoms with E-state index in [1.807, 2.05) is 0 Å². The van der Waals surface area contributed by atoms with E-state index in [4.69, 9.17) is 11.6 Å². The molecule has 4 heteroatoms. The smallest absolute Gasteiger partial charge is 0.255 e. The summed E-state index contributed by atoms with van der Waals surface area (Å²) in [6.45, 7) is 1.75. The Balaban J connectivity index is 2.15. The Bertz CT molecular complexity index is 596. The maximum absolute atomic E-state index is 13.0. The van der Waals surface area contributed by atoms with Crippen molar-refractivity contribution in [1.82, 2.24) is 0 Å². The fourth-order valence-corrected chi connectivity index (χ4v) is 1.89. The highest BCUT2D eigenvalue weighted by Crippen LogP contribution is 2.17. The van der Waals surface area contributed by atoms with Gasteiger partial charge in [-0.15, -0.1) is 11.6 Å². The number of rotatable bonds is 3. The van der Waals surface area contributed by atoms with Gasteiger partial charge in [-0.1, -0.05) is 12.1 Å². The number of halogens is 2. The molecule has 0 radical (unpaired) electrons. The standard InChI is InChI=1S/C15H13ClFNO/c1-10-8-13(17)6-7-14(10)18-15(19)12-4-2-11(9-16)3-5-12/h2-8H,9H2,1H3,(H,18,19). The van der Waals surface area contributed by atoms with E-state index < -0.39 is 0 Å². The van der Waals surface area contributed by atoms with Gasteiger partial charge in [-0.05, 0) is 48.4 Å². The Kier molecular flexibility index (Phi) is 4.17. The minimum Gasteiger partial charge on any atom is -0.322 e. The predicted octanol–water partition coefficient (Wildman–Crippen LogP) is 4.13. The van der Waals surface area contributed by atoms with Gasteiger partial charge in [-0.2, -0.15) is 0 Å². The summed E-state index contributed by atoms with van der Waals surface area (Å²) in [6.07, 6.45) is 0. The Morgan fingerprint density at radius 1 is 1.21 bits per heavy atom. The van der Waals surface area contributed by atoms with Gasteiger partial charge in [-0.25, -0.2) is 4.39 Å². The van der Waals surface area contributed by atoms with Crippen molar-refractivity contribution in [3.8, 4) is 0 Å². The molecule has 2 nitrogen and oxygen atoms in total. The highest BCUT2D eigenvalue weighted by molar-refractivity contribution is 6.17. The molecule has 0 aliphatic rings. The number of anilines is 1. The van der Waals surface area contributed by atoms with Crippen molar-refractivity contribution >= 4 is 23.2 Å². The fraction of sp³-hybridized carbons (Fsp3) is 0.133. The summed E-state index contributed by atoms with van der Waals surface area (Å²) in [7, 11) is 0. The topological polar surface area (TPSA) is 29.1 Å². The Morgan fingerprint density at radius 3 is 2.47 bits per heavy atom. The maximum Gasteiger partial charge on any atom is 0.255 e. The summed E-state index contributed by atoms with van der Waals surface area (Å²) in [4.78, 5) is 12.0. The molecule has 0 fully saturated rings.